The van der Waals surface area contributed by atoms with E-state index in [-0.39, 0.29) is 12.4 Å². The Labute approximate surface area is 114 Å². The molecule has 19 heavy (non-hydrogen) atoms. The smallest absolute Gasteiger partial charge is 0.146 e. The van der Waals surface area contributed by atoms with E-state index >= 15 is 0 Å². The van der Waals surface area contributed by atoms with Gasteiger partial charge >= 0.3 is 0 Å². The highest BCUT2D eigenvalue weighted by Gasteiger charge is 2.27. The predicted octanol–water partition coefficient (Wildman–Crippen LogP) is 2.28. The molecule has 106 valence electrons. The largest absolute Gasteiger partial charge is 0.394 e. The molecule has 1 aliphatic rings. The number of nitrogens with zero attached hydrogens (tertiary/aromatic N) is 1. The third-order valence-electron chi connectivity index (χ3n) is 3.86. The zero-order chi connectivity index (χ0) is 14.0. The summed E-state index contributed by atoms with van der Waals surface area (Å²) in [7, 11) is 1.83. The van der Waals surface area contributed by atoms with Gasteiger partial charge in [0.05, 0.1) is 17.8 Å². The van der Waals surface area contributed by atoms with Gasteiger partial charge in [0.25, 0.3) is 0 Å². The van der Waals surface area contributed by atoms with Gasteiger partial charge in [-0.05, 0) is 38.3 Å². The first kappa shape index (κ1) is 14.3. The van der Waals surface area contributed by atoms with Gasteiger partial charge in [0.15, 0.2) is 0 Å². The average molecular weight is 266 g/mol. The molecule has 1 saturated carbocycles. The van der Waals surface area contributed by atoms with Crippen LogP contribution in [-0.2, 0) is 6.54 Å². The monoisotopic (exact) mass is 266 g/mol. The third kappa shape index (κ3) is 3.25. The predicted molar refractivity (Wildman–Crippen MR) is 75.8 cm³/mol. The van der Waals surface area contributed by atoms with Crippen molar-refractivity contribution < 1.29 is 9.50 Å². The number of hydrogen-bond donors (Lipinski definition) is 2. The maximum atomic E-state index is 14.2. The number of nitrogens with one attached hydrogen (secondary N) is 1. The number of benzene rings is 1. The number of hydrogen-bond acceptors (Lipinski definition) is 3. The summed E-state index contributed by atoms with van der Waals surface area (Å²) in [6.07, 6.45) is 2.42. The Kier molecular flexibility index (Phi) is 4.11. The minimum atomic E-state index is -0.490. The number of rotatable bonds is 6. The van der Waals surface area contributed by atoms with Crippen molar-refractivity contribution in [3.63, 3.8) is 0 Å². The Morgan fingerprint density at radius 2 is 2.11 bits per heavy atom. The summed E-state index contributed by atoms with van der Waals surface area (Å²) in [6, 6.07) is 5.74. The lowest BCUT2D eigenvalue weighted by molar-refractivity contribution is 0.215. The van der Waals surface area contributed by atoms with Crippen molar-refractivity contribution in [2.75, 3.05) is 18.6 Å². The Morgan fingerprint density at radius 3 is 2.68 bits per heavy atom. The van der Waals surface area contributed by atoms with Gasteiger partial charge in [-0.2, -0.15) is 0 Å². The minimum Gasteiger partial charge on any atom is -0.394 e. The van der Waals surface area contributed by atoms with Crippen molar-refractivity contribution in [2.45, 2.75) is 44.8 Å². The average Bonchev–Trinajstić information content (AvgIpc) is 3.19. The molecule has 1 aromatic rings. The fourth-order valence-corrected chi connectivity index (χ4v) is 2.03. The second-order valence-electron chi connectivity index (χ2n) is 5.93. The fourth-order valence-electron chi connectivity index (χ4n) is 2.03. The standard InChI is InChI=1S/C15H23FN2O/c1-15(2,10-19)18(3)14-11(5-4-6-13(14)16)9-17-12-7-8-12/h4-6,12,17,19H,7-10H2,1-3H3. The van der Waals surface area contributed by atoms with Crippen molar-refractivity contribution in [3.05, 3.63) is 29.6 Å². The molecule has 2 rings (SSSR count). The van der Waals surface area contributed by atoms with Gasteiger partial charge in [-0.15, -0.1) is 0 Å². The summed E-state index contributed by atoms with van der Waals surface area (Å²) < 4.78 is 14.2. The van der Waals surface area contributed by atoms with Gasteiger partial charge in [0, 0.05) is 19.6 Å². The Morgan fingerprint density at radius 1 is 1.42 bits per heavy atom. The highest BCUT2D eigenvalue weighted by atomic mass is 19.1. The van der Waals surface area contributed by atoms with E-state index in [1.165, 1.54) is 18.9 Å². The van der Waals surface area contributed by atoms with Crippen LogP contribution in [0.25, 0.3) is 0 Å². The molecule has 3 nitrogen and oxygen atoms in total. The second kappa shape index (κ2) is 5.47. The molecule has 2 N–H and O–H groups in total. The van der Waals surface area contributed by atoms with E-state index in [1.807, 2.05) is 31.9 Å². The lowest BCUT2D eigenvalue weighted by Gasteiger charge is -2.37. The molecule has 0 atom stereocenters. The SMILES string of the molecule is CN(c1c(F)cccc1CNC1CC1)C(C)(C)CO. The minimum absolute atomic E-state index is 0.0205. The van der Waals surface area contributed by atoms with E-state index in [0.717, 1.165) is 5.56 Å². The fraction of sp³-hybridized carbons (Fsp3) is 0.600. The Bertz CT molecular complexity index is 444. The molecular formula is C15H23FN2O. The zero-order valence-electron chi connectivity index (χ0n) is 11.9. The molecule has 0 unspecified atom stereocenters. The van der Waals surface area contributed by atoms with E-state index in [1.54, 1.807) is 6.07 Å². The second-order valence-corrected chi connectivity index (χ2v) is 5.93. The summed E-state index contributed by atoms with van der Waals surface area (Å²) in [6.45, 7) is 4.45. The molecule has 4 heteroatoms. The first-order valence-electron chi connectivity index (χ1n) is 6.81. The summed E-state index contributed by atoms with van der Waals surface area (Å²) >= 11 is 0. The molecule has 0 spiro atoms. The van der Waals surface area contributed by atoms with Crippen LogP contribution < -0.4 is 10.2 Å². The van der Waals surface area contributed by atoms with Crippen LogP contribution in [0.3, 0.4) is 0 Å². The molecule has 1 aliphatic carbocycles. The van der Waals surface area contributed by atoms with E-state index in [4.69, 9.17) is 0 Å². The van der Waals surface area contributed by atoms with Gasteiger partial charge in [0.2, 0.25) is 0 Å². The van der Waals surface area contributed by atoms with Crippen LogP contribution in [0.15, 0.2) is 18.2 Å². The molecule has 0 aromatic heterocycles. The van der Waals surface area contributed by atoms with Crippen LogP contribution in [-0.4, -0.2) is 30.3 Å². The van der Waals surface area contributed by atoms with Crippen molar-refractivity contribution in [1.82, 2.24) is 5.32 Å². The number of halogens is 1. The molecule has 0 saturated heterocycles. The van der Waals surface area contributed by atoms with Gasteiger partial charge in [0.1, 0.15) is 5.82 Å². The quantitative estimate of drug-likeness (QED) is 0.829. The van der Waals surface area contributed by atoms with Crippen LogP contribution in [0.4, 0.5) is 10.1 Å². The van der Waals surface area contributed by atoms with E-state index in [0.29, 0.717) is 18.3 Å². The molecule has 0 bridgehead atoms. The normalized spacial score (nSPS) is 15.6. The van der Waals surface area contributed by atoms with Crippen LogP contribution in [0.1, 0.15) is 32.3 Å². The molecule has 0 amide bonds. The highest BCUT2D eigenvalue weighted by Crippen LogP contribution is 2.30. The maximum Gasteiger partial charge on any atom is 0.146 e. The van der Waals surface area contributed by atoms with Gasteiger partial charge in [-0.3, -0.25) is 0 Å². The highest BCUT2D eigenvalue weighted by molar-refractivity contribution is 5.56. The molecule has 1 aromatic carbocycles. The van der Waals surface area contributed by atoms with E-state index in [9.17, 15) is 9.50 Å². The van der Waals surface area contributed by atoms with Crippen molar-refractivity contribution in [3.8, 4) is 0 Å². The Hall–Kier alpha value is -1.13. The number of aliphatic hydroxyl groups is 1. The molecule has 0 aliphatic heterocycles. The summed E-state index contributed by atoms with van der Waals surface area (Å²) in [4.78, 5) is 1.83. The number of aliphatic hydroxyl groups excluding tert-OH is 1. The molecular weight excluding hydrogens is 243 g/mol. The topological polar surface area (TPSA) is 35.5 Å². The zero-order valence-corrected chi connectivity index (χ0v) is 11.9. The van der Waals surface area contributed by atoms with Crippen LogP contribution >= 0.6 is 0 Å². The number of likely N-dealkylation sites (N-methyl/N-ethyl adjacent to an activating group) is 1. The molecule has 1 fully saturated rings. The Balaban J connectivity index is 2.25. The van der Waals surface area contributed by atoms with Crippen LogP contribution in [0.2, 0.25) is 0 Å². The lowest BCUT2D eigenvalue weighted by atomic mass is 10.0. The maximum absolute atomic E-state index is 14.2. The first-order chi connectivity index (χ1) is 8.95. The van der Waals surface area contributed by atoms with E-state index < -0.39 is 5.54 Å². The summed E-state index contributed by atoms with van der Waals surface area (Å²) in [5.41, 5.74) is 1.03. The van der Waals surface area contributed by atoms with Gasteiger partial charge in [-0.25, -0.2) is 4.39 Å². The lowest BCUT2D eigenvalue weighted by Crippen LogP contribution is -2.45. The molecule has 0 heterocycles. The summed E-state index contributed by atoms with van der Waals surface area (Å²) in [5, 5.41) is 12.9. The van der Waals surface area contributed by atoms with Gasteiger partial charge < -0.3 is 15.3 Å². The van der Waals surface area contributed by atoms with Crippen molar-refractivity contribution in [1.29, 1.82) is 0 Å². The summed E-state index contributed by atoms with van der Waals surface area (Å²) in [5.74, 6) is -0.237. The van der Waals surface area contributed by atoms with E-state index in [2.05, 4.69) is 5.32 Å². The van der Waals surface area contributed by atoms with Crippen molar-refractivity contribution >= 4 is 5.69 Å². The number of anilines is 1. The van der Waals surface area contributed by atoms with Gasteiger partial charge in [-0.1, -0.05) is 12.1 Å². The van der Waals surface area contributed by atoms with Crippen molar-refractivity contribution in [2.24, 2.45) is 0 Å². The van der Waals surface area contributed by atoms with Crippen LogP contribution in [0, 0.1) is 5.82 Å². The molecule has 0 radical (unpaired) electrons. The van der Waals surface area contributed by atoms with Crippen LogP contribution in [0.5, 0.6) is 0 Å². The number of para-hydroxylation sites is 1. The first-order valence-corrected chi connectivity index (χ1v) is 6.81. The third-order valence-corrected chi connectivity index (χ3v) is 3.86.